The number of rotatable bonds is 3. The van der Waals surface area contributed by atoms with E-state index in [0.717, 1.165) is 38.8 Å². The third kappa shape index (κ3) is 3.25. The van der Waals surface area contributed by atoms with Crippen molar-refractivity contribution < 1.29 is 9.72 Å². The molecule has 0 unspecified atom stereocenters. The van der Waals surface area contributed by atoms with E-state index in [2.05, 4.69) is 21.0 Å². The van der Waals surface area contributed by atoms with Gasteiger partial charge in [0.1, 0.15) is 10.5 Å². The van der Waals surface area contributed by atoms with Gasteiger partial charge in [0.05, 0.1) is 10.8 Å². The highest BCUT2D eigenvalue weighted by Crippen LogP contribution is 2.29. The molecule has 0 saturated carbocycles. The van der Waals surface area contributed by atoms with Crippen molar-refractivity contribution in [2.45, 2.75) is 45.6 Å². The number of hydrogen-bond donors (Lipinski definition) is 0. The van der Waals surface area contributed by atoms with Crippen molar-refractivity contribution in [3.63, 3.8) is 0 Å². The topological polar surface area (TPSA) is 81.3 Å². The van der Waals surface area contributed by atoms with Crippen molar-refractivity contribution in [2.24, 2.45) is 0 Å². The Morgan fingerprint density at radius 2 is 1.90 bits per heavy atom. The van der Waals surface area contributed by atoms with Gasteiger partial charge in [-0.3, -0.25) is 4.79 Å². The number of carbonyl (C=O) groups is 1. The van der Waals surface area contributed by atoms with Crippen molar-refractivity contribution in [1.82, 2.24) is 14.7 Å². The minimum Gasteiger partial charge on any atom is -0.358 e. The summed E-state index contributed by atoms with van der Waals surface area (Å²) in [5.74, 6) is -0.270. The molecule has 21 heavy (non-hydrogen) atoms. The minimum atomic E-state index is -0.545. The molecule has 1 aliphatic heterocycles. The highest BCUT2D eigenvalue weighted by molar-refractivity contribution is 9.10. The van der Waals surface area contributed by atoms with Crippen LogP contribution in [0.4, 0.5) is 5.82 Å². The fraction of sp³-hybridized carbons (Fsp3) is 0.692. The van der Waals surface area contributed by atoms with Crippen molar-refractivity contribution in [3.8, 4) is 0 Å². The van der Waals surface area contributed by atoms with Gasteiger partial charge in [-0.25, -0.2) is 0 Å². The zero-order valence-electron chi connectivity index (χ0n) is 12.2. The van der Waals surface area contributed by atoms with Crippen molar-refractivity contribution in [2.75, 3.05) is 13.1 Å². The van der Waals surface area contributed by atoms with E-state index >= 15 is 0 Å². The normalized spacial score (nSPS) is 17.4. The number of nitrogens with zero attached hydrogens (tertiary/aromatic N) is 4. The average molecular weight is 359 g/mol. The summed E-state index contributed by atoms with van der Waals surface area (Å²) >= 11 is 3.18. The van der Waals surface area contributed by atoms with Gasteiger partial charge in [-0.15, -0.1) is 0 Å². The zero-order chi connectivity index (χ0) is 15.6. The molecule has 1 aromatic heterocycles. The lowest BCUT2D eigenvalue weighted by Gasteiger charge is -2.23. The van der Waals surface area contributed by atoms with Gasteiger partial charge in [0, 0.05) is 13.1 Å². The van der Waals surface area contributed by atoms with E-state index in [4.69, 9.17) is 0 Å². The summed E-state index contributed by atoms with van der Waals surface area (Å²) in [4.78, 5) is 24.8. The first-order valence-electron chi connectivity index (χ1n) is 7.11. The minimum absolute atomic E-state index is 0.0232. The van der Waals surface area contributed by atoms with Gasteiger partial charge >= 0.3 is 5.82 Å². The summed E-state index contributed by atoms with van der Waals surface area (Å²) < 4.78 is 1.78. The maximum absolute atomic E-state index is 12.6. The Labute approximate surface area is 131 Å². The van der Waals surface area contributed by atoms with E-state index < -0.39 is 11.0 Å². The molecule has 1 aliphatic rings. The van der Waals surface area contributed by atoms with Gasteiger partial charge in [0.15, 0.2) is 0 Å². The van der Waals surface area contributed by atoms with Crippen molar-refractivity contribution in [3.05, 3.63) is 20.3 Å². The van der Waals surface area contributed by atoms with Crippen LogP contribution in [0.2, 0.25) is 0 Å². The molecule has 0 spiro atoms. The Balaban J connectivity index is 2.22. The molecule has 1 amide bonds. The second-order valence-electron chi connectivity index (χ2n) is 5.34. The molecule has 7 nitrogen and oxygen atoms in total. The number of hydrogen-bond acceptors (Lipinski definition) is 4. The number of halogens is 1. The first kappa shape index (κ1) is 15.9. The van der Waals surface area contributed by atoms with E-state index in [9.17, 15) is 14.9 Å². The summed E-state index contributed by atoms with van der Waals surface area (Å²) in [5, 5.41) is 14.9. The Morgan fingerprint density at radius 3 is 2.38 bits per heavy atom. The largest absolute Gasteiger partial charge is 0.404 e. The lowest BCUT2D eigenvalue weighted by atomic mass is 10.2. The summed E-state index contributed by atoms with van der Waals surface area (Å²) in [6.07, 6.45) is 4.33. The third-order valence-corrected chi connectivity index (χ3v) is 4.80. The highest BCUT2D eigenvalue weighted by Gasteiger charge is 2.31. The van der Waals surface area contributed by atoms with Crippen LogP contribution in [0.15, 0.2) is 4.47 Å². The molecule has 1 fully saturated rings. The Bertz CT molecular complexity index is 550. The van der Waals surface area contributed by atoms with Gasteiger partial charge in [-0.1, -0.05) is 12.8 Å². The van der Waals surface area contributed by atoms with Crippen LogP contribution in [0.3, 0.4) is 0 Å². The first-order chi connectivity index (χ1) is 9.93. The van der Waals surface area contributed by atoms with Crippen molar-refractivity contribution >= 4 is 27.7 Å². The third-order valence-electron chi connectivity index (χ3n) is 3.87. The molecule has 116 valence electrons. The summed E-state index contributed by atoms with van der Waals surface area (Å²) in [6, 6.07) is -0.534. The van der Waals surface area contributed by atoms with Gasteiger partial charge < -0.3 is 15.0 Å². The summed E-state index contributed by atoms with van der Waals surface area (Å²) in [6.45, 7) is 4.97. The monoisotopic (exact) mass is 358 g/mol. The molecule has 1 atom stereocenters. The van der Waals surface area contributed by atoms with Gasteiger partial charge in [0.2, 0.25) is 5.91 Å². The smallest absolute Gasteiger partial charge is 0.358 e. The van der Waals surface area contributed by atoms with Crippen LogP contribution in [0.25, 0.3) is 0 Å². The van der Waals surface area contributed by atoms with Gasteiger partial charge in [-0.2, -0.15) is 4.68 Å². The quantitative estimate of drug-likeness (QED) is 0.614. The van der Waals surface area contributed by atoms with Crippen LogP contribution in [0, 0.1) is 17.0 Å². The lowest BCUT2D eigenvalue weighted by molar-refractivity contribution is -0.390. The lowest BCUT2D eigenvalue weighted by Crippen LogP contribution is -2.37. The van der Waals surface area contributed by atoms with Crippen LogP contribution in [0.5, 0.6) is 0 Å². The molecule has 0 bridgehead atoms. The Hall–Kier alpha value is -1.44. The van der Waals surface area contributed by atoms with E-state index in [1.165, 1.54) is 4.68 Å². The Kier molecular flexibility index (Phi) is 4.97. The maximum atomic E-state index is 12.6. The fourth-order valence-corrected chi connectivity index (χ4v) is 3.04. The molecule has 0 N–H and O–H groups in total. The Morgan fingerprint density at radius 1 is 1.33 bits per heavy atom. The van der Waals surface area contributed by atoms with E-state index in [1.54, 1.807) is 13.8 Å². The van der Waals surface area contributed by atoms with Crippen LogP contribution < -0.4 is 0 Å². The molecule has 0 aliphatic carbocycles. The summed E-state index contributed by atoms with van der Waals surface area (Å²) in [7, 11) is 0. The molecular formula is C13H19BrN4O3. The second-order valence-corrected chi connectivity index (χ2v) is 6.13. The number of nitro groups is 1. The molecule has 0 radical (unpaired) electrons. The number of aromatic nitrogens is 2. The van der Waals surface area contributed by atoms with Crippen molar-refractivity contribution in [1.29, 1.82) is 0 Å². The first-order valence-corrected chi connectivity index (χ1v) is 7.90. The van der Waals surface area contributed by atoms with Crippen LogP contribution in [-0.2, 0) is 4.79 Å². The number of likely N-dealkylation sites (tertiary alicyclic amines) is 1. The van der Waals surface area contributed by atoms with E-state index in [-0.39, 0.29) is 11.7 Å². The molecule has 2 rings (SSSR count). The molecule has 8 heteroatoms. The molecule has 1 aromatic rings. The van der Waals surface area contributed by atoms with Gasteiger partial charge in [0.25, 0.3) is 0 Å². The van der Waals surface area contributed by atoms with E-state index in [1.807, 2.05) is 4.90 Å². The molecule has 0 aromatic carbocycles. The fourth-order valence-electron chi connectivity index (χ4n) is 2.64. The van der Waals surface area contributed by atoms with Crippen LogP contribution >= 0.6 is 15.9 Å². The van der Waals surface area contributed by atoms with Crippen LogP contribution in [-0.4, -0.2) is 38.6 Å². The number of carbonyl (C=O) groups excluding carboxylic acids is 1. The molecular weight excluding hydrogens is 340 g/mol. The SMILES string of the molecule is Cc1c(Br)c([N+](=O)[O-])nn1[C@@H](C)C(=O)N1CCCCCC1. The molecule has 1 saturated heterocycles. The van der Waals surface area contributed by atoms with E-state index in [0.29, 0.717) is 10.2 Å². The molecule has 2 heterocycles. The summed E-state index contributed by atoms with van der Waals surface area (Å²) in [5.41, 5.74) is 0.595. The second kappa shape index (κ2) is 6.55. The average Bonchev–Trinajstić information content (AvgIpc) is 2.66. The maximum Gasteiger partial charge on any atom is 0.404 e. The zero-order valence-corrected chi connectivity index (χ0v) is 13.8. The number of amides is 1. The standard InChI is InChI=1S/C13H19BrN4O3/c1-9-11(14)12(18(20)21)15-17(9)10(2)13(19)16-7-5-3-4-6-8-16/h10H,3-8H2,1-2H3/t10-/m0/s1. The predicted octanol–water partition coefficient (Wildman–Crippen LogP) is 2.83. The highest BCUT2D eigenvalue weighted by atomic mass is 79.9. The van der Waals surface area contributed by atoms with Crippen LogP contribution in [0.1, 0.15) is 44.3 Å². The predicted molar refractivity (Wildman–Crippen MR) is 81.1 cm³/mol. The van der Waals surface area contributed by atoms with Gasteiger partial charge in [-0.05, 0) is 47.5 Å².